The van der Waals surface area contributed by atoms with E-state index in [1.54, 1.807) is 6.07 Å². The van der Waals surface area contributed by atoms with E-state index in [1.807, 2.05) is 0 Å². The lowest BCUT2D eigenvalue weighted by atomic mass is 9.88. The zero-order valence-corrected chi connectivity index (χ0v) is 11.2. The van der Waals surface area contributed by atoms with Gasteiger partial charge < -0.3 is 9.84 Å². The van der Waals surface area contributed by atoms with Gasteiger partial charge in [0.2, 0.25) is 0 Å². The molecule has 1 N–H and O–H groups in total. The largest absolute Gasteiger partial charge is 0.489 e. The summed E-state index contributed by atoms with van der Waals surface area (Å²) in [7, 11) is 0. The Hall–Kier alpha value is -1.33. The lowest BCUT2D eigenvalue weighted by Gasteiger charge is -2.28. The number of rotatable bonds is 4. The summed E-state index contributed by atoms with van der Waals surface area (Å²) in [6, 6.07) is 4.23. The maximum Gasteiger partial charge on any atom is 0.271 e. The summed E-state index contributed by atoms with van der Waals surface area (Å²) in [4.78, 5) is 10.1. The number of benzene rings is 1. The molecule has 0 unspecified atom stereocenters. The minimum atomic E-state index is -0.484. The molecule has 5 nitrogen and oxygen atoms in total. The first-order valence-corrected chi connectivity index (χ1v) is 6.69. The van der Waals surface area contributed by atoms with Crippen LogP contribution in [0.2, 0.25) is 5.02 Å². The summed E-state index contributed by atoms with van der Waals surface area (Å²) in [5.41, 5.74) is -0.0404. The predicted octanol–water partition coefficient (Wildman–Crippen LogP) is 3.18. The number of nitrogens with zero attached hydrogens (tertiary/aromatic N) is 1. The van der Waals surface area contributed by atoms with E-state index in [0.29, 0.717) is 11.7 Å². The Morgan fingerprint density at radius 3 is 2.58 bits per heavy atom. The highest BCUT2D eigenvalue weighted by atomic mass is 35.5. The summed E-state index contributed by atoms with van der Waals surface area (Å²) in [6.07, 6.45) is 3.69. The first-order chi connectivity index (χ1) is 9.10. The number of halogens is 1. The smallest absolute Gasteiger partial charge is 0.271 e. The topological polar surface area (TPSA) is 72.6 Å². The summed E-state index contributed by atoms with van der Waals surface area (Å²) >= 11 is 5.98. The molecule has 19 heavy (non-hydrogen) atoms. The molecule has 0 saturated heterocycles. The molecule has 1 aromatic rings. The Morgan fingerprint density at radius 2 is 2.05 bits per heavy atom. The van der Waals surface area contributed by atoms with E-state index in [-0.39, 0.29) is 23.4 Å². The van der Waals surface area contributed by atoms with Gasteiger partial charge in [-0.15, -0.1) is 0 Å². The van der Waals surface area contributed by atoms with E-state index in [1.165, 1.54) is 12.1 Å². The lowest BCUT2D eigenvalue weighted by molar-refractivity contribution is -0.384. The number of aliphatic hydroxyl groups is 1. The Kier molecular flexibility index (Phi) is 4.61. The molecule has 1 fully saturated rings. The Labute approximate surface area is 116 Å². The molecule has 0 bridgehead atoms. The molecule has 104 valence electrons. The molecule has 2 rings (SSSR count). The minimum absolute atomic E-state index is 0.0404. The van der Waals surface area contributed by atoms with Gasteiger partial charge in [-0.05, 0) is 37.7 Å². The maximum absolute atomic E-state index is 10.6. The van der Waals surface area contributed by atoms with Crippen molar-refractivity contribution in [2.45, 2.75) is 31.8 Å². The highest BCUT2D eigenvalue weighted by molar-refractivity contribution is 6.32. The highest BCUT2D eigenvalue weighted by Crippen LogP contribution is 2.33. The molecule has 1 aliphatic carbocycles. The number of nitro groups is 1. The van der Waals surface area contributed by atoms with Crippen molar-refractivity contribution in [2.24, 2.45) is 5.92 Å². The third-order valence-corrected chi connectivity index (χ3v) is 3.77. The van der Waals surface area contributed by atoms with E-state index in [2.05, 4.69) is 0 Å². The van der Waals surface area contributed by atoms with Gasteiger partial charge in [0.25, 0.3) is 5.69 Å². The second-order valence-corrected chi connectivity index (χ2v) is 5.22. The van der Waals surface area contributed by atoms with Gasteiger partial charge in [-0.25, -0.2) is 0 Å². The second kappa shape index (κ2) is 6.21. The number of nitro benzene ring substituents is 1. The van der Waals surface area contributed by atoms with Gasteiger partial charge in [-0.2, -0.15) is 0 Å². The van der Waals surface area contributed by atoms with Gasteiger partial charge in [0.1, 0.15) is 5.75 Å². The number of hydrogen-bond donors (Lipinski definition) is 1. The molecular weight excluding hydrogens is 270 g/mol. The fraction of sp³-hybridized carbons (Fsp3) is 0.538. The molecule has 1 saturated carbocycles. The van der Waals surface area contributed by atoms with Crippen LogP contribution in [0.1, 0.15) is 25.7 Å². The van der Waals surface area contributed by atoms with Crippen molar-refractivity contribution in [2.75, 3.05) is 6.61 Å². The summed E-state index contributed by atoms with van der Waals surface area (Å²) in [6.45, 7) is 0.227. The number of aliphatic hydroxyl groups excluding tert-OH is 1. The van der Waals surface area contributed by atoms with Crippen molar-refractivity contribution < 1.29 is 14.8 Å². The predicted molar refractivity (Wildman–Crippen MR) is 71.6 cm³/mol. The van der Waals surface area contributed by atoms with Gasteiger partial charge in [0, 0.05) is 18.7 Å². The van der Waals surface area contributed by atoms with E-state index < -0.39 is 4.92 Å². The van der Waals surface area contributed by atoms with Crippen molar-refractivity contribution in [3.05, 3.63) is 33.3 Å². The molecule has 1 aromatic carbocycles. The SMILES string of the molecule is O=[N+]([O-])c1ccc(OC2CCC(CO)CC2)c(Cl)c1. The normalized spacial score (nSPS) is 23.1. The summed E-state index contributed by atoms with van der Waals surface area (Å²) in [5.74, 6) is 0.854. The van der Waals surface area contributed by atoms with Crippen LogP contribution in [0.5, 0.6) is 5.75 Å². The third-order valence-electron chi connectivity index (χ3n) is 3.47. The van der Waals surface area contributed by atoms with Gasteiger partial charge in [0.05, 0.1) is 16.0 Å². The Balaban J connectivity index is 1.98. The van der Waals surface area contributed by atoms with E-state index >= 15 is 0 Å². The van der Waals surface area contributed by atoms with Crippen molar-refractivity contribution in [3.63, 3.8) is 0 Å². The molecular formula is C13H16ClNO4. The molecule has 1 aliphatic rings. The number of hydrogen-bond acceptors (Lipinski definition) is 4. The van der Waals surface area contributed by atoms with Gasteiger partial charge in [0.15, 0.2) is 0 Å². The second-order valence-electron chi connectivity index (χ2n) is 4.81. The van der Waals surface area contributed by atoms with Crippen LogP contribution in [0.15, 0.2) is 18.2 Å². The first kappa shape index (κ1) is 14.1. The first-order valence-electron chi connectivity index (χ1n) is 6.31. The fourth-order valence-electron chi connectivity index (χ4n) is 2.31. The van der Waals surface area contributed by atoms with Gasteiger partial charge in [-0.1, -0.05) is 11.6 Å². The van der Waals surface area contributed by atoms with Crippen molar-refractivity contribution in [3.8, 4) is 5.75 Å². The molecule has 0 radical (unpaired) electrons. The van der Waals surface area contributed by atoms with Crippen molar-refractivity contribution in [1.29, 1.82) is 0 Å². The third kappa shape index (κ3) is 3.58. The standard InChI is InChI=1S/C13H16ClNO4/c14-12-7-10(15(17)18)3-6-13(12)19-11-4-1-9(8-16)2-5-11/h3,6-7,9,11,16H,1-2,4-5,8H2. The maximum atomic E-state index is 10.6. The number of ether oxygens (including phenoxy) is 1. The highest BCUT2D eigenvalue weighted by Gasteiger charge is 2.22. The van der Waals surface area contributed by atoms with Gasteiger partial charge in [-0.3, -0.25) is 10.1 Å². The monoisotopic (exact) mass is 285 g/mol. The average molecular weight is 286 g/mol. The molecule has 6 heteroatoms. The number of non-ortho nitro benzene ring substituents is 1. The molecule has 0 spiro atoms. The molecule has 0 amide bonds. The summed E-state index contributed by atoms with van der Waals surface area (Å²) < 4.78 is 5.78. The van der Waals surface area contributed by atoms with E-state index in [4.69, 9.17) is 21.4 Å². The fourth-order valence-corrected chi connectivity index (χ4v) is 2.53. The van der Waals surface area contributed by atoms with Crippen LogP contribution in [-0.4, -0.2) is 22.7 Å². The average Bonchev–Trinajstić information content (AvgIpc) is 2.41. The Bertz CT molecular complexity index is 458. The van der Waals surface area contributed by atoms with Crippen LogP contribution in [0.3, 0.4) is 0 Å². The van der Waals surface area contributed by atoms with Crippen molar-refractivity contribution >= 4 is 17.3 Å². The summed E-state index contributed by atoms with van der Waals surface area (Å²) in [5, 5.41) is 19.9. The van der Waals surface area contributed by atoms with Crippen LogP contribution in [0.25, 0.3) is 0 Å². The quantitative estimate of drug-likeness (QED) is 0.681. The van der Waals surface area contributed by atoms with Crippen LogP contribution >= 0.6 is 11.6 Å². The zero-order valence-electron chi connectivity index (χ0n) is 10.4. The lowest BCUT2D eigenvalue weighted by Crippen LogP contribution is -2.25. The van der Waals surface area contributed by atoms with Crippen LogP contribution in [0.4, 0.5) is 5.69 Å². The van der Waals surface area contributed by atoms with E-state index in [0.717, 1.165) is 25.7 Å². The van der Waals surface area contributed by atoms with E-state index in [9.17, 15) is 10.1 Å². The van der Waals surface area contributed by atoms with Gasteiger partial charge >= 0.3 is 0 Å². The minimum Gasteiger partial charge on any atom is -0.489 e. The molecule has 0 aliphatic heterocycles. The van der Waals surface area contributed by atoms with Crippen LogP contribution in [-0.2, 0) is 0 Å². The molecule has 0 aromatic heterocycles. The van der Waals surface area contributed by atoms with Crippen molar-refractivity contribution in [1.82, 2.24) is 0 Å². The Morgan fingerprint density at radius 1 is 1.37 bits per heavy atom. The van der Waals surface area contributed by atoms with Crippen LogP contribution < -0.4 is 4.74 Å². The zero-order chi connectivity index (χ0) is 13.8. The molecule has 0 heterocycles. The molecule has 0 atom stereocenters. The van der Waals surface area contributed by atoms with Crippen LogP contribution in [0, 0.1) is 16.0 Å².